The van der Waals surface area contributed by atoms with Crippen LogP contribution in [0.3, 0.4) is 0 Å². The standard InChI is InChI=1S/C30H23FN2O/c31-22-9-7-19-8-10-24-23(26(19)17-22)11-12-25-27(24)15-21(30(34)20-5-4-13-32-18-20)16-28(25)29-6-2-1-3-14-33-29/h1-7,9-15,17-18,21,28,33H,8,16H2. The Labute approximate surface area is 197 Å². The third-order valence-electron chi connectivity index (χ3n) is 6.94. The summed E-state index contributed by atoms with van der Waals surface area (Å²) in [5, 5.41) is 5.58. The first kappa shape index (κ1) is 20.5. The molecule has 0 fully saturated rings. The number of hydrogen-bond donors (Lipinski definition) is 1. The van der Waals surface area contributed by atoms with Crippen LogP contribution < -0.4 is 15.8 Å². The van der Waals surface area contributed by atoms with Gasteiger partial charge in [-0.1, -0.05) is 42.5 Å². The molecule has 1 aromatic heterocycles. The van der Waals surface area contributed by atoms with Crippen molar-refractivity contribution in [3.8, 4) is 11.1 Å². The molecule has 0 spiro atoms. The van der Waals surface area contributed by atoms with E-state index < -0.39 is 0 Å². The molecule has 2 aromatic carbocycles. The molecule has 2 atom stereocenters. The van der Waals surface area contributed by atoms with E-state index in [1.807, 2.05) is 36.6 Å². The van der Waals surface area contributed by atoms with Gasteiger partial charge in [-0.2, -0.15) is 0 Å². The number of benzene rings is 2. The van der Waals surface area contributed by atoms with E-state index in [1.54, 1.807) is 24.5 Å². The number of allylic oxidation sites excluding steroid dienone is 5. The Morgan fingerprint density at radius 1 is 1.03 bits per heavy atom. The second kappa shape index (κ2) is 8.38. The summed E-state index contributed by atoms with van der Waals surface area (Å²) in [6.45, 7) is 0. The van der Waals surface area contributed by atoms with Gasteiger partial charge in [0.25, 0.3) is 0 Å². The topological polar surface area (TPSA) is 42.0 Å². The van der Waals surface area contributed by atoms with Crippen LogP contribution in [0.25, 0.3) is 23.3 Å². The van der Waals surface area contributed by atoms with Crippen molar-refractivity contribution in [1.29, 1.82) is 0 Å². The molecule has 6 rings (SSSR count). The van der Waals surface area contributed by atoms with Gasteiger partial charge < -0.3 is 5.32 Å². The van der Waals surface area contributed by atoms with Crippen LogP contribution in [0.5, 0.6) is 0 Å². The molecule has 0 bridgehead atoms. The molecule has 166 valence electrons. The van der Waals surface area contributed by atoms with Gasteiger partial charge >= 0.3 is 0 Å². The second-order valence-corrected chi connectivity index (χ2v) is 8.92. The first-order valence-corrected chi connectivity index (χ1v) is 11.6. The molecule has 0 amide bonds. The molecule has 0 saturated carbocycles. The predicted molar refractivity (Wildman–Crippen MR) is 133 cm³/mol. The molecule has 2 heterocycles. The Hall–Kier alpha value is -4.05. The van der Waals surface area contributed by atoms with E-state index in [-0.39, 0.29) is 23.4 Å². The lowest BCUT2D eigenvalue weighted by atomic mass is 9.75. The van der Waals surface area contributed by atoms with Crippen molar-refractivity contribution in [2.45, 2.75) is 18.8 Å². The van der Waals surface area contributed by atoms with Crippen LogP contribution in [-0.2, 0) is 6.42 Å². The number of fused-ring (bicyclic) bond motifs is 5. The highest BCUT2D eigenvalue weighted by atomic mass is 19.1. The fraction of sp³-hybridized carbons (Fsp3) is 0.133. The van der Waals surface area contributed by atoms with Crippen LogP contribution in [0.1, 0.15) is 33.8 Å². The molecule has 2 unspecified atom stereocenters. The molecule has 0 radical (unpaired) electrons. The van der Waals surface area contributed by atoms with Crippen molar-refractivity contribution in [3.63, 3.8) is 0 Å². The monoisotopic (exact) mass is 446 g/mol. The summed E-state index contributed by atoms with van der Waals surface area (Å²) < 4.78 is 14.1. The van der Waals surface area contributed by atoms with Crippen molar-refractivity contribution in [2.24, 2.45) is 5.92 Å². The SMILES string of the molecule is O=C(c1cccnc1)C1C=c2c(ccc3c2=CCc2ccc(F)cc2-3)C(C2=CC=CC=CN2)C1. The first-order chi connectivity index (χ1) is 16.7. The third kappa shape index (κ3) is 3.52. The first-order valence-electron chi connectivity index (χ1n) is 11.6. The Bertz CT molecular complexity index is 1520. The summed E-state index contributed by atoms with van der Waals surface area (Å²) in [6.07, 6.45) is 19.0. The number of Topliss-reactive ketones (excluding diaryl/α,β-unsaturated/α-hetero) is 1. The lowest BCUT2D eigenvalue weighted by Gasteiger charge is -2.30. The largest absolute Gasteiger partial charge is 0.364 e. The van der Waals surface area contributed by atoms with Gasteiger partial charge in [0.15, 0.2) is 5.78 Å². The van der Waals surface area contributed by atoms with Crippen LogP contribution in [0.15, 0.2) is 91.1 Å². The number of carbonyl (C=O) groups is 1. The van der Waals surface area contributed by atoms with Crippen LogP contribution in [0.4, 0.5) is 4.39 Å². The summed E-state index contributed by atoms with van der Waals surface area (Å²) in [6, 6.07) is 12.9. The number of halogens is 1. The maximum Gasteiger partial charge on any atom is 0.171 e. The smallest absolute Gasteiger partial charge is 0.171 e. The van der Waals surface area contributed by atoms with E-state index in [9.17, 15) is 9.18 Å². The molecule has 34 heavy (non-hydrogen) atoms. The van der Waals surface area contributed by atoms with Gasteiger partial charge in [-0.25, -0.2) is 4.39 Å². The van der Waals surface area contributed by atoms with Gasteiger partial charge in [0.1, 0.15) is 5.82 Å². The van der Waals surface area contributed by atoms with Gasteiger partial charge in [0, 0.05) is 41.7 Å². The zero-order chi connectivity index (χ0) is 23.1. The zero-order valence-corrected chi connectivity index (χ0v) is 18.5. The average molecular weight is 447 g/mol. The summed E-state index contributed by atoms with van der Waals surface area (Å²) in [4.78, 5) is 17.7. The summed E-state index contributed by atoms with van der Waals surface area (Å²) in [5.74, 6) is -0.411. The minimum Gasteiger partial charge on any atom is -0.364 e. The minimum atomic E-state index is -0.283. The quantitative estimate of drug-likeness (QED) is 0.601. The summed E-state index contributed by atoms with van der Waals surface area (Å²) in [5.41, 5.74) is 5.94. The normalized spacial score (nSPS) is 19.9. The maximum atomic E-state index is 14.1. The Morgan fingerprint density at radius 2 is 1.97 bits per heavy atom. The van der Waals surface area contributed by atoms with Crippen LogP contribution in [0.2, 0.25) is 0 Å². The van der Waals surface area contributed by atoms with E-state index in [1.165, 1.54) is 11.6 Å². The van der Waals surface area contributed by atoms with Crippen molar-refractivity contribution >= 4 is 17.9 Å². The zero-order valence-electron chi connectivity index (χ0n) is 18.5. The van der Waals surface area contributed by atoms with Crippen molar-refractivity contribution in [3.05, 3.63) is 124 Å². The van der Waals surface area contributed by atoms with Crippen LogP contribution in [-0.4, -0.2) is 10.8 Å². The average Bonchev–Trinajstić information content (AvgIpc) is 3.17. The van der Waals surface area contributed by atoms with Gasteiger partial charge in [-0.15, -0.1) is 0 Å². The van der Waals surface area contributed by atoms with Gasteiger partial charge in [0.05, 0.1) is 0 Å². The molecule has 3 nitrogen and oxygen atoms in total. The molecular weight excluding hydrogens is 423 g/mol. The molecule has 0 saturated heterocycles. The highest BCUT2D eigenvalue weighted by Gasteiger charge is 2.31. The van der Waals surface area contributed by atoms with Crippen molar-refractivity contribution < 1.29 is 9.18 Å². The van der Waals surface area contributed by atoms with E-state index in [2.05, 4.69) is 40.7 Å². The van der Waals surface area contributed by atoms with Gasteiger partial charge in [-0.05, 0) is 82.0 Å². The number of nitrogens with one attached hydrogen (secondary N) is 1. The molecule has 2 aliphatic carbocycles. The maximum absolute atomic E-state index is 14.1. The number of carbonyl (C=O) groups excluding carboxylic acids is 1. The highest BCUT2D eigenvalue weighted by molar-refractivity contribution is 6.01. The molecule has 3 aliphatic rings. The fourth-order valence-electron chi connectivity index (χ4n) is 5.33. The third-order valence-corrected chi connectivity index (χ3v) is 6.94. The van der Waals surface area contributed by atoms with Crippen LogP contribution >= 0.6 is 0 Å². The molecule has 1 N–H and O–H groups in total. The number of ketones is 1. The fourth-order valence-corrected chi connectivity index (χ4v) is 5.33. The van der Waals surface area contributed by atoms with E-state index >= 15 is 0 Å². The number of pyridine rings is 1. The lowest BCUT2D eigenvalue weighted by Crippen LogP contribution is -2.40. The predicted octanol–water partition coefficient (Wildman–Crippen LogP) is 4.55. The summed E-state index contributed by atoms with van der Waals surface area (Å²) >= 11 is 0. The van der Waals surface area contributed by atoms with Gasteiger partial charge in [-0.3, -0.25) is 9.78 Å². The van der Waals surface area contributed by atoms with E-state index in [0.717, 1.165) is 39.2 Å². The van der Waals surface area contributed by atoms with Gasteiger partial charge in [0.2, 0.25) is 0 Å². The number of hydrogen-bond acceptors (Lipinski definition) is 3. The number of rotatable bonds is 3. The lowest BCUT2D eigenvalue weighted by molar-refractivity contribution is 0.0943. The highest BCUT2D eigenvalue weighted by Crippen LogP contribution is 2.35. The Balaban J connectivity index is 1.56. The van der Waals surface area contributed by atoms with Crippen molar-refractivity contribution in [2.75, 3.05) is 0 Å². The second-order valence-electron chi connectivity index (χ2n) is 8.92. The Morgan fingerprint density at radius 3 is 2.85 bits per heavy atom. The minimum absolute atomic E-state index is 0.0330. The van der Waals surface area contributed by atoms with E-state index in [0.29, 0.717) is 12.0 Å². The molecule has 3 aromatic rings. The van der Waals surface area contributed by atoms with Crippen molar-refractivity contribution in [1.82, 2.24) is 10.3 Å². The van der Waals surface area contributed by atoms with E-state index in [4.69, 9.17) is 0 Å². The number of aromatic nitrogens is 1. The summed E-state index contributed by atoms with van der Waals surface area (Å²) in [7, 11) is 0. The molecular formula is C30H23FN2O. The molecule has 4 heteroatoms. The molecule has 1 aliphatic heterocycles. The number of nitrogens with zero attached hydrogens (tertiary/aromatic N) is 1. The van der Waals surface area contributed by atoms with Crippen LogP contribution in [0, 0.1) is 11.7 Å². The Kier molecular flexibility index (Phi) is 5.06.